The first kappa shape index (κ1) is 11.4. The second kappa shape index (κ2) is 6.72. The van der Waals surface area contributed by atoms with Gasteiger partial charge in [-0.2, -0.15) is 12.6 Å². The zero-order chi connectivity index (χ0) is 9.52. The summed E-state index contributed by atoms with van der Waals surface area (Å²) < 4.78 is 0. The molecule has 0 aromatic rings. The SMILES string of the molecule is CC(CS)CN1CCCCCCC1. The molecular weight excluding hydrogens is 178 g/mol. The molecule has 0 saturated carbocycles. The molecule has 1 atom stereocenters. The quantitative estimate of drug-likeness (QED) is 0.687. The topological polar surface area (TPSA) is 3.24 Å². The molecule has 2 heteroatoms. The molecule has 0 aromatic heterocycles. The van der Waals surface area contributed by atoms with E-state index in [4.69, 9.17) is 0 Å². The van der Waals surface area contributed by atoms with Crippen LogP contribution in [0.2, 0.25) is 0 Å². The molecule has 78 valence electrons. The van der Waals surface area contributed by atoms with Gasteiger partial charge in [0.15, 0.2) is 0 Å². The van der Waals surface area contributed by atoms with Crippen LogP contribution in [0.4, 0.5) is 0 Å². The van der Waals surface area contributed by atoms with Crippen molar-refractivity contribution in [2.24, 2.45) is 5.92 Å². The minimum absolute atomic E-state index is 0.753. The summed E-state index contributed by atoms with van der Waals surface area (Å²) >= 11 is 4.34. The molecule has 0 bridgehead atoms. The summed E-state index contributed by atoms with van der Waals surface area (Å²) in [4.78, 5) is 2.63. The molecule has 1 saturated heterocycles. The summed E-state index contributed by atoms with van der Waals surface area (Å²) in [6, 6.07) is 0. The van der Waals surface area contributed by atoms with Crippen molar-refractivity contribution in [2.75, 3.05) is 25.4 Å². The van der Waals surface area contributed by atoms with Crippen molar-refractivity contribution in [1.82, 2.24) is 4.90 Å². The van der Waals surface area contributed by atoms with Crippen molar-refractivity contribution in [3.05, 3.63) is 0 Å². The molecule has 0 N–H and O–H groups in total. The normalized spacial score (nSPS) is 23.5. The largest absolute Gasteiger partial charge is 0.303 e. The highest BCUT2D eigenvalue weighted by Crippen LogP contribution is 2.12. The van der Waals surface area contributed by atoms with E-state index in [1.54, 1.807) is 0 Å². The first-order valence-electron chi connectivity index (χ1n) is 5.66. The summed E-state index contributed by atoms with van der Waals surface area (Å²) in [6.45, 7) is 6.19. The second-order valence-electron chi connectivity index (χ2n) is 4.36. The van der Waals surface area contributed by atoms with Gasteiger partial charge in [0, 0.05) is 6.54 Å². The lowest BCUT2D eigenvalue weighted by Gasteiger charge is -2.26. The van der Waals surface area contributed by atoms with Crippen LogP contribution in [0, 0.1) is 5.92 Å². The molecule has 1 aliphatic heterocycles. The van der Waals surface area contributed by atoms with E-state index in [9.17, 15) is 0 Å². The van der Waals surface area contributed by atoms with E-state index < -0.39 is 0 Å². The van der Waals surface area contributed by atoms with Gasteiger partial charge >= 0.3 is 0 Å². The number of thiol groups is 1. The first-order valence-corrected chi connectivity index (χ1v) is 6.29. The fourth-order valence-electron chi connectivity index (χ4n) is 1.99. The molecule has 0 spiro atoms. The van der Waals surface area contributed by atoms with Gasteiger partial charge < -0.3 is 4.90 Å². The lowest BCUT2D eigenvalue weighted by atomic mass is 10.1. The van der Waals surface area contributed by atoms with Crippen LogP contribution in [0.3, 0.4) is 0 Å². The van der Waals surface area contributed by atoms with E-state index in [-0.39, 0.29) is 0 Å². The third-order valence-corrected chi connectivity index (χ3v) is 3.45. The van der Waals surface area contributed by atoms with E-state index in [1.165, 1.54) is 51.7 Å². The lowest BCUT2D eigenvalue weighted by molar-refractivity contribution is 0.224. The van der Waals surface area contributed by atoms with Crippen molar-refractivity contribution >= 4 is 12.6 Å². The van der Waals surface area contributed by atoms with E-state index in [2.05, 4.69) is 24.5 Å². The summed E-state index contributed by atoms with van der Waals surface area (Å²) in [5, 5.41) is 0. The van der Waals surface area contributed by atoms with Crippen LogP contribution in [-0.2, 0) is 0 Å². The fraction of sp³-hybridized carbons (Fsp3) is 1.00. The maximum absolute atomic E-state index is 4.34. The highest BCUT2D eigenvalue weighted by molar-refractivity contribution is 7.80. The van der Waals surface area contributed by atoms with E-state index in [0.717, 1.165) is 11.7 Å². The maximum Gasteiger partial charge on any atom is 0.00148 e. The third kappa shape index (κ3) is 4.92. The van der Waals surface area contributed by atoms with Gasteiger partial charge in [-0.05, 0) is 37.6 Å². The molecule has 13 heavy (non-hydrogen) atoms. The third-order valence-electron chi connectivity index (χ3n) is 2.83. The van der Waals surface area contributed by atoms with E-state index in [1.807, 2.05) is 0 Å². The smallest absolute Gasteiger partial charge is 0.00148 e. The monoisotopic (exact) mass is 201 g/mol. The van der Waals surface area contributed by atoms with Gasteiger partial charge in [0.25, 0.3) is 0 Å². The zero-order valence-corrected chi connectivity index (χ0v) is 9.73. The fourth-order valence-corrected chi connectivity index (χ4v) is 2.11. The minimum atomic E-state index is 0.753. The van der Waals surface area contributed by atoms with Crippen LogP contribution >= 0.6 is 12.6 Å². The Morgan fingerprint density at radius 3 is 2.15 bits per heavy atom. The Hall–Kier alpha value is 0.310. The van der Waals surface area contributed by atoms with Crippen molar-refractivity contribution in [2.45, 2.75) is 39.0 Å². The molecule has 1 nitrogen and oxygen atoms in total. The minimum Gasteiger partial charge on any atom is -0.303 e. The molecule has 0 aliphatic carbocycles. The van der Waals surface area contributed by atoms with Crippen LogP contribution in [0.5, 0.6) is 0 Å². The van der Waals surface area contributed by atoms with Gasteiger partial charge in [0.2, 0.25) is 0 Å². The molecule has 1 unspecified atom stereocenters. The number of likely N-dealkylation sites (tertiary alicyclic amines) is 1. The van der Waals surface area contributed by atoms with Gasteiger partial charge in [0.1, 0.15) is 0 Å². The van der Waals surface area contributed by atoms with Gasteiger partial charge in [0.05, 0.1) is 0 Å². The Bertz CT molecular complexity index is 119. The zero-order valence-electron chi connectivity index (χ0n) is 8.84. The Morgan fingerprint density at radius 1 is 1.08 bits per heavy atom. The van der Waals surface area contributed by atoms with Crippen LogP contribution < -0.4 is 0 Å². The van der Waals surface area contributed by atoms with Crippen LogP contribution in [0.25, 0.3) is 0 Å². The Balaban J connectivity index is 2.21. The second-order valence-corrected chi connectivity index (χ2v) is 4.72. The summed E-state index contributed by atoms with van der Waals surface area (Å²) in [5.41, 5.74) is 0. The number of hydrogen-bond donors (Lipinski definition) is 1. The Morgan fingerprint density at radius 2 is 1.62 bits per heavy atom. The number of hydrogen-bond acceptors (Lipinski definition) is 2. The van der Waals surface area contributed by atoms with E-state index in [0.29, 0.717) is 0 Å². The van der Waals surface area contributed by atoms with E-state index >= 15 is 0 Å². The number of nitrogens with zero attached hydrogens (tertiary/aromatic N) is 1. The van der Waals surface area contributed by atoms with Crippen molar-refractivity contribution in [3.63, 3.8) is 0 Å². The van der Waals surface area contributed by atoms with Gasteiger partial charge in [-0.25, -0.2) is 0 Å². The standard InChI is InChI=1S/C11H23NS/c1-11(10-13)9-12-7-5-3-2-4-6-8-12/h11,13H,2-10H2,1H3. The lowest BCUT2D eigenvalue weighted by Crippen LogP contribution is -2.32. The first-order chi connectivity index (χ1) is 6.33. The van der Waals surface area contributed by atoms with Crippen LogP contribution in [0.1, 0.15) is 39.0 Å². The average molecular weight is 201 g/mol. The molecule has 0 aromatic carbocycles. The highest BCUT2D eigenvalue weighted by Gasteiger charge is 2.10. The van der Waals surface area contributed by atoms with Crippen molar-refractivity contribution in [1.29, 1.82) is 0 Å². The van der Waals surface area contributed by atoms with Crippen molar-refractivity contribution in [3.8, 4) is 0 Å². The average Bonchev–Trinajstić information content (AvgIpc) is 2.09. The predicted octanol–water partition coefficient (Wildman–Crippen LogP) is 2.82. The number of rotatable bonds is 3. The Kier molecular flexibility index (Phi) is 5.88. The molecule has 1 heterocycles. The van der Waals surface area contributed by atoms with Gasteiger partial charge in [-0.1, -0.05) is 26.2 Å². The van der Waals surface area contributed by atoms with Crippen LogP contribution in [-0.4, -0.2) is 30.3 Å². The highest BCUT2D eigenvalue weighted by atomic mass is 32.1. The summed E-state index contributed by atoms with van der Waals surface area (Å²) in [7, 11) is 0. The molecule has 0 amide bonds. The molecule has 0 radical (unpaired) electrons. The Labute approximate surface area is 88.3 Å². The summed E-state index contributed by atoms with van der Waals surface area (Å²) in [6.07, 6.45) is 7.13. The molecule has 1 fully saturated rings. The molecule has 1 aliphatic rings. The predicted molar refractivity (Wildman–Crippen MR) is 62.5 cm³/mol. The van der Waals surface area contributed by atoms with Gasteiger partial charge in [-0.3, -0.25) is 0 Å². The van der Waals surface area contributed by atoms with Crippen LogP contribution in [0.15, 0.2) is 0 Å². The summed E-state index contributed by atoms with van der Waals surface area (Å²) in [5.74, 6) is 1.78. The maximum atomic E-state index is 4.34. The van der Waals surface area contributed by atoms with Gasteiger partial charge in [-0.15, -0.1) is 0 Å². The molecular formula is C11H23NS. The molecule has 1 rings (SSSR count). The van der Waals surface area contributed by atoms with Crippen molar-refractivity contribution < 1.29 is 0 Å².